The summed E-state index contributed by atoms with van der Waals surface area (Å²) in [5, 5.41) is 11.4. The molecule has 0 spiro atoms. The fourth-order valence-corrected chi connectivity index (χ4v) is 4.03. The van der Waals surface area contributed by atoms with Gasteiger partial charge in [0.2, 0.25) is 0 Å². The lowest BCUT2D eigenvalue weighted by Crippen LogP contribution is -2.29. The van der Waals surface area contributed by atoms with Crippen LogP contribution >= 0.6 is 11.6 Å². The first-order chi connectivity index (χ1) is 15.3. The zero-order valence-corrected chi connectivity index (χ0v) is 18.1. The fraction of sp³-hybridized carbons (Fsp3) is 0.120. The van der Waals surface area contributed by atoms with E-state index < -0.39 is 29.3 Å². The average Bonchev–Trinajstić information content (AvgIpc) is 3.04. The van der Waals surface area contributed by atoms with Gasteiger partial charge in [-0.2, -0.15) is 0 Å². The number of methoxy groups -OCH3 is 1. The van der Waals surface area contributed by atoms with E-state index in [1.165, 1.54) is 48.4 Å². The van der Waals surface area contributed by atoms with Crippen molar-refractivity contribution in [2.45, 2.75) is 13.0 Å². The third kappa shape index (κ3) is 3.63. The molecular weight excluding hydrogens is 433 g/mol. The number of nitrogens with zero attached hydrogens (tertiary/aromatic N) is 1. The number of aliphatic hydroxyl groups is 1. The van der Waals surface area contributed by atoms with E-state index in [9.17, 15) is 19.1 Å². The number of carbonyl (C=O) groups excluding carboxylic acids is 2. The first-order valence-electron chi connectivity index (χ1n) is 9.79. The van der Waals surface area contributed by atoms with Crippen LogP contribution < -0.4 is 9.64 Å². The lowest BCUT2D eigenvalue weighted by molar-refractivity contribution is -0.132. The lowest BCUT2D eigenvalue weighted by Gasteiger charge is -2.26. The molecule has 0 aromatic heterocycles. The second kappa shape index (κ2) is 8.48. The van der Waals surface area contributed by atoms with Gasteiger partial charge in [-0.3, -0.25) is 14.5 Å². The molecule has 0 aliphatic carbocycles. The van der Waals surface area contributed by atoms with Crippen LogP contribution in [-0.2, 0) is 9.59 Å². The Morgan fingerprint density at radius 3 is 2.50 bits per heavy atom. The summed E-state index contributed by atoms with van der Waals surface area (Å²) in [4.78, 5) is 27.4. The Kier molecular flexibility index (Phi) is 5.72. The number of ether oxygens (including phenoxy) is 1. The molecule has 1 aliphatic rings. The summed E-state index contributed by atoms with van der Waals surface area (Å²) in [7, 11) is 1.42. The van der Waals surface area contributed by atoms with Crippen molar-refractivity contribution in [2.75, 3.05) is 12.0 Å². The van der Waals surface area contributed by atoms with Crippen molar-refractivity contribution in [2.24, 2.45) is 0 Å². The number of rotatable bonds is 4. The molecule has 1 aliphatic heterocycles. The number of Topliss-reactive ketones (excluding diaryl/α,β-unsaturated/α-hetero) is 1. The maximum atomic E-state index is 14.9. The minimum absolute atomic E-state index is 0.0932. The number of hydrogen-bond acceptors (Lipinski definition) is 4. The van der Waals surface area contributed by atoms with Crippen LogP contribution in [0.25, 0.3) is 5.76 Å². The minimum atomic E-state index is -1.15. The zero-order chi connectivity index (χ0) is 23.0. The molecular formula is C25H19ClFNO4. The Morgan fingerprint density at radius 1 is 1.06 bits per heavy atom. The third-order valence-electron chi connectivity index (χ3n) is 5.35. The smallest absolute Gasteiger partial charge is 0.300 e. The monoisotopic (exact) mass is 451 g/mol. The van der Waals surface area contributed by atoms with Crippen molar-refractivity contribution in [1.29, 1.82) is 0 Å². The molecule has 0 radical (unpaired) electrons. The van der Waals surface area contributed by atoms with E-state index in [0.717, 1.165) is 5.56 Å². The zero-order valence-electron chi connectivity index (χ0n) is 17.3. The number of halogens is 2. The Hall–Kier alpha value is -3.64. The number of hydrogen-bond donors (Lipinski definition) is 1. The first kappa shape index (κ1) is 21.6. The van der Waals surface area contributed by atoms with E-state index in [2.05, 4.69) is 0 Å². The molecule has 0 bridgehead atoms. The normalized spacial score (nSPS) is 17.6. The fourth-order valence-electron chi connectivity index (χ4n) is 3.83. The Morgan fingerprint density at radius 2 is 1.81 bits per heavy atom. The molecule has 7 heteroatoms. The second-order valence-electron chi connectivity index (χ2n) is 7.38. The minimum Gasteiger partial charge on any atom is -0.507 e. The van der Waals surface area contributed by atoms with Crippen LogP contribution in [0.2, 0.25) is 5.02 Å². The molecule has 1 amide bonds. The van der Waals surface area contributed by atoms with Gasteiger partial charge in [0.15, 0.2) is 0 Å². The number of carbonyl (C=O) groups is 2. The quantitative estimate of drug-likeness (QED) is 0.326. The van der Waals surface area contributed by atoms with Crippen LogP contribution in [0.4, 0.5) is 10.1 Å². The molecule has 5 nitrogen and oxygen atoms in total. The molecule has 1 N–H and O–H groups in total. The van der Waals surface area contributed by atoms with Crippen molar-refractivity contribution in [3.05, 3.63) is 99.8 Å². The highest BCUT2D eigenvalue weighted by Crippen LogP contribution is 2.43. The first-order valence-corrected chi connectivity index (χ1v) is 10.2. The summed E-state index contributed by atoms with van der Waals surface area (Å²) < 4.78 is 20.1. The number of aryl methyl sites for hydroxylation is 1. The van der Waals surface area contributed by atoms with Crippen LogP contribution in [-0.4, -0.2) is 23.9 Å². The Bertz CT molecular complexity index is 1270. The summed E-state index contributed by atoms with van der Waals surface area (Å²) in [6.45, 7) is 1.85. The predicted octanol–water partition coefficient (Wildman–Crippen LogP) is 5.42. The van der Waals surface area contributed by atoms with Crippen molar-refractivity contribution in [3.8, 4) is 5.75 Å². The summed E-state index contributed by atoms with van der Waals surface area (Å²) in [6.07, 6.45) is 0. The number of amides is 1. The molecule has 1 atom stereocenters. The number of ketones is 1. The Balaban J connectivity index is 1.98. The van der Waals surface area contributed by atoms with E-state index in [0.29, 0.717) is 10.7 Å². The van der Waals surface area contributed by atoms with E-state index >= 15 is 0 Å². The van der Waals surface area contributed by atoms with Gasteiger partial charge in [-0.1, -0.05) is 41.9 Å². The van der Waals surface area contributed by atoms with Crippen molar-refractivity contribution >= 4 is 34.7 Å². The van der Waals surface area contributed by atoms with Crippen LogP contribution in [0.1, 0.15) is 22.7 Å². The van der Waals surface area contributed by atoms with Crippen LogP contribution in [0.5, 0.6) is 5.75 Å². The van der Waals surface area contributed by atoms with Gasteiger partial charge in [-0.15, -0.1) is 0 Å². The molecule has 0 saturated carbocycles. The maximum absolute atomic E-state index is 14.9. The van der Waals surface area contributed by atoms with E-state index in [4.69, 9.17) is 16.3 Å². The lowest BCUT2D eigenvalue weighted by atomic mass is 9.94. The SMILES string of the molecule is COc1cc(/C(O)=C2\C(=O)C(=O)N(c3cccc(C)c3)C2c2ccccc2F)ccc1Cl. The largest absolute Gasteiger partial charge is 0.507 e. The second-order valence-corrected chi connectivity index (χ2v) is 7.79. The summed E-state index contributed by atoms with van der Waals surface area (Å²) >= 11 is 6.07. The highest BCUT2D eigenvalue weighted by molar-refractivity contribution is 6.51. The molecule has 4 rings (SSSR count). The van der Waals surface area contributed by atoms with Gasteiger partial charge >= 0.3 is 0 Å². The molecule has 1 fully saturated rings. The highest BCUT2D eigenvalue weighted by atomic mass is 35.5. The average molecular weight is 452 g/mol. The molecule has 1 heterocycles. The number of benzene rings is 3. The van der Waals surface area contributed by atoms with E-state index in [1.54, 1.807) is 24.3 Å². The van der Waals surface area contributed by atoms with Gasteiger partial charge in [0.1, 0.15) is 17.3 Å². The summed E-state index contributed by atoms with van der Waals surface area (Å²) in [5.41, 5.74) is 1.38. The maximum Gasteiger partial charge on any atom is 0.300 e. The topological polar surface area (TPSA) is 66.8 Å². The van der Waals surface area contributed by atoms with Gasteiger partial charge in [0.25, 0.3) is 11.7 Å². The van der Waals surface area contributed by atoms with Crippen molar-refractivity contribution in [1.82, 2.24) is 0 Å². The summed E-state index contributed by atoms with van der Waals surface area (Å²) in [5.74, 6) is -2.53. The van der Waals surface area contributed by atoms with Crippen molar-refractivity contribution < 1.29 is 23.8 Å². The van der Waals surface area contributed by atoms with Gasteiger partial charge in [-0.05, 0) is 48.9 Å². The molecule has 32 heavy (non-hydrogen) atoms. The number of aliphatic hydroxyl groups excluding tert-OH is 1. The summed E-state index contributed by atoms with van der Waals surface area (Å²) in [6, 6.07) is 16.1. The highest BCUT2D eigenvalue weighted by Gasteiger charge is 2.47. The molecule has 1 unspecified atom stereocenters. The van der Waals surface area contributed by atoms with Gasteiger partial charge in [0, 0.05) is 16.8 Å². The van der Waals surface area contributed by atoms with Gasteiger partial charge in [0.05, 0.1) is 23.7 Å². The van der Waals surface area contributed by atoms with Crippen LogP contribution in [0, 0.1) is 12.7 Å². The van der Waals surface area contributed by atoms with Crippen LogP contribution in [0.15, 0.2) is 72.3 Å². The molecule has 3 aromatic carbocycles. The standard InChI is InChI=1S/C25H19ClFNO4/c1-14-6-5-7-16(12-14)28-22(17-8-3-4-9-19(17)27)21(24(30)25(28)31)23(29)15-10-11-18(26)20(13-15)32-2/h3-13,22,29H,1-2H3/b23-21+. The Labute approximate surface area is 189 Å². The van der Waals surface area contributed by atoms with Gasteiger partial charge < -0.3 is 9.84 Å². The van der Waals surface area contributed by atoms with Gasteiger partial charge in [-0.25, -0.2) is 4.39 Å². The van der Waals surface area contributed by atoms with E-state index in [1.807, 2.05) is 13.0 Å². The predicted molar refractivity (Wildman–Crippen MR) is 120 cm³/mol. The van der Waals surface area contributed by atoms with E-state index in [-0.39, 0.29) is 22.4 Å². The van der Waals surface area contributed by atoms with Crippen LogP contribution in [0.3, 0.4) is 0 Å². The molecule has 162 valence electrons. The third-order valence-corrected chi connectivity index (χ3v) is 5.66. The number of anilines is 1. The molecule has 3 aromatic rings. The van der Waals surface area contributed by atoms with Crippen molar-refractivity contribution in [3.63, 3.8) is 0 Å². The molecule has 1 saturated heterocycles.